The van der Waals surface area contributed by atoms with Crippen LogP contribution in [0.25, 0.3) is 0 Å². The zero-order valence-electron chi connectivity index (χ0n) is 11.2. The summed E-state index contributed by atoms with van der Waals surface area (Å²) in [5.74, 6) is -1.35. The summed E-state index contributed by atoms with van der Waals surface area (Å²) in [6.07, 6.45) is 1.000. The second kappa shape index (κ2) is 6.17. The predicted octanol–water partition coefficient (Wildman–Crippen LogP) is 1.11. The number of carbonyl (C=O) groups excluding carboxylic acids is 2. The molecule has 1 aromatic heterocycles. The Balaban J connectivity index is 3.16. The normalized spacial score (nSPS) is 10.3. The van der Waals surface area contributed by atoms with Gasteiger partial charge in [0.2, 0.25) is 0 Å². The summed E-state index contributed by atoms with van der Waals surface area (Å²) in [6, 6.07) is 0. The number of hydrogen-bond acceptors (Lipinski definition) is 4. The Morgan fingerprint density at radius 1 is 1.37 bits per heavy atom. The van der Waals surface area contributed by atoms with Crippen molar-refractivity contribution in [1.82, 2.24) is 4.57 Å². The summed E-state index contributed by atoms with van der Waals surface area (Å²) in [5, 5.41) is 8.72. The highest BCUT2D eigenvalue weighted by atomic mass is 16.5. The number of carboxylic acids is 1. The highest BCUT2D eigenvalue weighted by molar-refractivity contribution is 5.79. The first-order valence-electron chi connectivity index (χ1n) is 5.84. The first-order chi connectivity index (χ1) is 8.92. The average molecular weight is 267 g/mol. The van der Waals surface area contributed by atoms with E-state index in [1.807, 2.05) is 0 Å². The number of nitrogens with zero attached hydrogens (tertiary/aromatic N) is 1. The summed E-state index contributed by atoms with van der Waals surface area (Å²) in [6.45, 7) is 3.46. The van der Waals surface area contributed by atoms with Gasteiger partial charge in [0, 0.05) is 12.1 Å². The molecule has 0 aliphatic carbocycles. The minimum Gasteiger partial charge on any atom is -0.481 e. The standard InChI is InChI=1S/C13H17NO5/c1-8-10(4-5-12(16)17)9(2)14(11(8)7-15)6-13(18)19-3/h7H,4-6H2,1-3H3,(H,16,17). The van der Waals surface area contributed by atoms with Crippen molar-refractivity contribution < 1.29 is 24.2 Å². The molecule has 1 heterocycles. The molecule has 0 aliphatic heterocycles. The van der Waals surface area contributed by atoms with Crippen molar-refractivity contribution in [2.45, 2.75) is 33.2 Å². The molecule has 1 aromatic rings. The molecule has 0 aromatic carbocycles. The van der Waals surface area contributed by atoms with Crippen LogP contribution in [0, 0.1) is 13.8 Å². The molecule has 0 atom stereocenters. The van der Waals surface area contributed by atoms with Gasteiger partial charge < -0.3 is 14.4 Å². The molecule has 0 bridgehead atoms. The maximum atomic E-state index is 11.3. The molecular weight excluding hydrogens is 250 g/mol. The van der Waals surface area contributed by atoms with Gasteiger partial charge in [0.25, 0.3) is 0 Å². The fraction of sp³-hybridized carbons (Fsp3) is 0.462. The second-order valence-corrected chi connectivity index (χ2v) is 4.25. The third kappa shape index (κ3) is 3.21. The molecule has 0 saturated heterocycles. The first kappa shape index (κ1) is 14.9. The summed E-state index contributed by atoms with van der Waals surface area (Å²) >= 11 is 0. The Morgan fingerprint density at radius 3 is 2.47 bits per heavy atom. The predicted molar refractivity (Wildman–Crippen MR) is 67.3 cm³/mol. The van der Waals surface area contributed by atoms with Crippen LogP contribution < -0.4 is 0 Å². The van der Waals surface area contributed by atoms with E-state index in [4.69, 9.17) is 5.11 Å². The van der Waals surface area contributed by atoms with E-state index in [0.29, 0.717) is 18.4 Å². The Hall–Kier alpha value is -2.11. The van der Waals surface area contributed by atoms with E-state index in [0.717, 1.165) is 16.8 Å². The minimum absolute atomic E-state index is 0.0117. The molecule has 0 saturated carbocycles. The van der Waals surface area contributed by atoms with Crippen LogP contribution in [0.2, 0.25) is 0 Å². The van der Waals surface area contributed by atoms with E-state index >= 15 is 0 Å². The molecular formula is C13H17NO5. The van der Waals surface area contributed by atoms with E-state index in [9.17, 15) is 14.4 Å². The van der Waals surface area contributed by atoms with E-state index < -0.39 is 11.9 Å². The lowest BCUT2D eigenvalue weighted by Crippen LogP contribution is -2.15. The average Bonchev–Trinajstić information content (AvgIpc) is 2.58. The topological polar surface area (TPSA) is 85.6 Å². The summed E-state index contributed by atoms with van der Waals surface area (Å²) in [5.41, 5.74) is 2.64. The minimum atomic E-state index is -0.896. The van der Waals surface area contributed by atoms with Crippen molar-refractivity contribution in [1.29, 1.82) is 0 Å². The zero-order valence-corrected chi connectivity index (χ0v) is 11.2. The Morgan fingerprint density at radius 2 is 2.00 bits per heavy atom. The molecule has 0 aliphatic rings. The molecule has 0 spiro atoms. The molecule has 104 valence electrons. The van der Waals surface area contributed by atoms with Crippen LogP contribution in [-0.4, -0.2) is 35.0 Å². The summed E-state index contributed by atoms with van der Waals surface area (Å²) in [7, 11) is 1.28. The van der Waals surface area contributed by atoms with Crippen LogP contribution in [0.1, 0.15) is 33.7 Å². The quantitative estimate of drug-likeness (QED) is 0.616. The number of carbonyl (C=O) groups is 3. The summed E-state index contributed by atoms with van der Waals surface area (Å²) < 4.78 is 6.15. The smallest absolute Gasteiger partial charge is 0.325 e. The Bertz CT molecular complexity index is 516. The van der Waals surface area contributed by atoms with Gasteiger partial charge >= 0.3 is 11.9 Å². The van der Waals surface area contributed by atoms with E-state index in [1.165, 1.54) is 7.11 Å². The van der Waals surface area contributed by atoms with Crippen molar-refractivity contribution >= 4 is 18.2 Å². The SMILES string of the molecule is COC(=O)Cn1c(C)c(CCC(=O)O)c(C)c1C=O. The second-order valence-electron chi connectivity index (χ2n) is 4.25. The van der Waals surface area contributed by atoms with Crippen LogP contribution in [0.3, 0.4) is 0 Å². The number of carboxylic acid groups (broad SMARTS) is 1. The molecule has 0 fully saturated rings. The van der Waals surface area contributed by atoms with Crippen LogP contribution in [0.4, 0.5) is 0 Å². The van der Waals surface area contributed by atoms with Crippen molar-refractivity contribution in [3.8, 4) is 0 Å². The fourth-order valence-electron chi connectivity index (χ4n) is 2.12. The number of methoxy groups -OCH3 is 1. The van der Waals surface area contributed by atoms with Gasteiger partial charge in [-0.2, -0.15) is 0 Å². The van der Waals surface area contributed by atoms with Crippen LogP contribution in [0.15, 0.2) is 0 Å². The molecule has 0 amide bonds. The largest absolute Gasteiger partial charge is 0.481 e. The number of esters is 1. The molecule has 1 rings (SSSR count). The van der Waals surface area contributed by atoms with Gasteiger partial charge in [-0.3, -0.25) is 14.4 Å². The highest BCUT2D eigenvalue weighted by Crippen LogP contribution is 2.22. The van der Waals surface area contributed by atoms with Crippen LogP contribution >= 0.6 is 0 Å². The van der Waals surface area contributed by atoms with Gasteiger partial charge in [0.15, 0.2) is 6.29 Å². The molecule has 6 heteroatoms. The van der Waals surface area contributed by atoms with Crippen LogP contribution in [-0.2, 0) is 27.3 Å². The number of hydrogen-bond donors (Lipinski definition) is 1. The molecule has 0 unspecified atom stereocenters. The number of rotatable bonds is 6. The van der Waals surface area contributed by atoms with Gasteiger partial charge in [0.05, 0.1) is 12.8 Å². The van der Waals surface area contributed by atoms with E-state index in [2.05, 4.69) is 4.74 Å². The van der Waals surface area contributed by atoms with E-state index in [1.54, 1.807) is 18.4 Å². The van der Waals surface area contributed by atoms with Gasteiger partial charge in [-0.15, -0.1) is 0 Å². The van der Waals surface area contributed by atoms with Gasteiger partial charge in [-0.25, -0.2) is 0 Å². The zero-order chi connectivity index (χ0) is 14.6. The van der Waals surface area contributed by atoms with Crippen molar-refractivity contribution in [3.63, 3.8) is 0 Å². The molecule has 19 heavy (non-hydrogen) atoms. The van der Waals surface area contributed by atoms with Crippen molar-refractivity contribution in [2.24, 2.45) is 0 Å². The maximum absolute atomic E-state index is 11.3. The van der Waals surface area contributed by atoms with Crippen molar-refractivity contribution in [2.75, 3.05) is 7.11 Å². The lowest BCUT2D eigenvalue weighted by atomic mass is 10.1. The van der Waals surface area contributed by atoms with Gasteiger partial charge in [-0.1, -0.05) is 0 Å². The molecule has 0 radical (unpaired) electrons. The maximum Gasteiger partial charge on any atom is 0.325 e. The Kier molecular flexibility index (Phi) is 4.86. The fourth-order valence-corrected chi connectivity index (χ4v) is 2.12. The molecule has 1 N–H and O–H groups in total. The summed E-state index contributed by atoms with van der Waals surface area (Å²) in [4.78, 5) is 33.1. The van der Waals surface area contributed by atoms with Crippen molar-refractivity contribution in [3.05, 3.63) is 22.5 Å². The van der Waals surface area contributed by atoms with Gasteiger partial charge in [-0.05, 0) is 31.4 Å². The number of aldehydes is 1. The number of aromatic nitrogens is 1. The number of aliphatic carboxylic acids is 1. The van der Waals surface area contributed by atoms with E-state index in [-0.39, 0.29) is 13.0 Å². The van der Waals surface area contributed by atoms with Gasteiger partial charge in [0.1, 0.15) is 6.54 Å². The molecule has 6 nitrogen and oxygen atoms in total. The lowest BCUT2D eigenvalue weighted by molar-refractivity contribution is -0.141. The first-order valence-corrected chi connectivity index (χ1v) is 5.84. The highest BCUT2D eigenvalue weighted by Gasteiger charge is 2.19. The Labute approximate surface area is 111 Å². The number of ether oxygens (including phenoxy) is 1. The lowest BCUT2D eigenvalue weighted by Gasteiger charge is -2.07. The van der Waals surface area contributed by atoms with Crippen LogP contribution in [0.5, 0.6) is 0 Å². The third-order valence-electron chi connectivity index (χ3n) is 3.18. The monoisotopic (exact) mass is 267 g/mol. The third-order valence-corrected chi connectivity index (χ3v) is 3.18.